The zero-order valence-electron chi connectivity index (χ0n) is 9.70. The van der Waals surface area contributed by atoms with Gasteiger partial charge in [0.1, 0.15) is 0 Å². The number of carboxylic acids is 1. The highest BCUT2D eigenvalue weighted by Gasteiger charge is 2.31. The van der Waals surface area contributed by atoms with Gasteiger partial charge in [-0.15, -0.1) is 6.58 Å². The van der Waals surface area contributed by atoms with Crippen LogP contribution in [0.4, 0.5) is 10.1 Å². The van der Waals surface area contributed by atoms with Crippen LogP contribution in [-0.4, -0.2) is 23.7 Å². The van der Waals surface area contributed by atoms with E-state index in [9.17, 15) is 9.18 Å². The van der Waals surface area contributed by atoms with Crippen molar-refractivity contribution in [3.63, 3.8) is 0 Å². The topological polar surface area (TPSA) is 40.5 Å². The lowest BCUT2D eigenvalue weighted by Crippen LogP contribution is -2.26. The molecule has 0 bridgehead atoms. The SMILES string of the molecule is C=CCN(c1ccc(C(=O)O)c(Br)c1F)C1CC1. The van der Waals surface area contributed by atoms with E-state index in [2.05, 4.69) is 22.5 Å². The summed E-state index contributed by atoms with van der Waals surface area (Å²) in [6, 6.07) is 3.27. The van der Waals surface area contributed by atoms with Gasteiger partial charge in [-0.2, -0.15) is 0 Å². The van der Waals surface area contributed by atoms with Gasteiger partial charge in [0.2, 0.25) is 0 Å². The highest BCUT2D eigenvalue weighted by Crippen LogP contribution is 2.36. The number of rotatable bonds is 5. The van der Waals surface area contributed by atoms with Crippen LogP contribution in [0.15, 0.2) is 29.3 Å². The van der Waals surface area contributed by atoms with E-state index in [0.717, 1.165) is 12.8 Å². The number of anilines is 1. The predicted molar refractivity (Wildman–Crippen MR) is 71.6 cm³/mol. The monoisotopic (exact) mass is 313 g/mol. The molecule has 0 saturated heterocycles. The third-order valence-corrected chi connectivity index (χ3v) is 3.69. The van der Waals surface area contributed by atoms with E-state index < -0.39 is 11.8 Å². The quantitative estimate of drug-likeness (QED) is 0.847. The largest absolute Gasteiger partial charge is 0.478 e. The van der Waals surface area contributed by atoms with Crippen LogP contribution in [0, 0.1) is 5.82 Å². The maximum atomic E-state index is 14.2. The molecule has 2 rings (SSSR count). The summed E-state index contributed by atoms with van der Waals surface area (Å²) in [6.07, 6.45) is 3.79. The molecule has 18 heavy (non-hydrogen) atoms. The molecule has 1 fully saturated rings. The average Bonchev–Trinajstić information content (AvgIpc) is 3.14. The lowest BCUT2D eigenvalue weighted by atomic mass is 10.1. The van der Waals surface area contributed by atoms with Gasteiger partial charge in [-0.3, -0.25) is 0 Å². The van der Waals surface area contributed by atoms with Gasteiger partial charge in [-0.1, -0.05) is 6.08 Å². The molecule has 1 saturated carbocycles. The molecule has 0 radical (unpaired) electrons. The number of aromatic carboxylic acids is 1. The van der Waals surface area contributed by atoms with Gasteiger partial charge >= 0.3 is 5.97 Å². The summed E-state index contributed by atoms with van der Waals surface area (Å²) < 4.78 is 14.2. The molecular formula is C13H13BrFNO2. The van der Waals surface area contributed by atoms with E-state index in [4.69, 9.17) is 5.11 Å². The summed E-state index contributed by atoms with van der Waals surface area (Å²) in [5.74, 6) is -1.67. The van der Waals surface area contributed by atoms with Crippen molar-refractivity contribution in [2.75, 3.05) is 11.4 Å². The van der Waals surface area contributed by atoms with Crippen molar-refractivity contribution in [1.29, 1.82) is 0 Å². The van der Waals surface area contributed by atoms with Crippen LogP contribution in [0.5, 0.6) is 0 Å². The van der Waals surface area contributed by atoms with Crippen LogP contribution in [0.3, 0.4) is 0 Å². The van der Waals surface area contributed by atoms with Crippen molar-refractivity contribution in [3.8, 4) is 0 Å². The first-order valence-electron chi connectivity index (χ1n) is 5.65. The van der Waals surface area contributed by atoms with Crippen LogP contribution < -0.4 is 4.90 Å². The molecular weight excluding hydrogens is 301 g/mol. The summed E-state index contributed by atoms with van der Waals surface area (Å²) in [4.78, 5) is 12.8. The fraction of sp³-hybridized carbons (Fsp3) is 0.308. The number of halogens is 2. The Bertz CT molecular complexity index is 500. The van der Waals surface area contributed by atoms with Crippen LogP contribution >= 0.6 is 15.9 Å². The zero-order valence-corrected chi connectivity index (χ0v) is 11.3. The molecule has 5 heteroatoms. The van der Waals surface area contributed by atoms with Gasteiger partial charge < -0.3 is 10.0 Å². The number of hydrogen-bond acceptors (Lipinski definition) is 2. The summed E-state index contributed by atoms with van der Waals surface area (Å²) >= 11 is 3.01. The fourth-order valence-electron chi connectivity index (χ4n) is 1.90. The summed E-state index contributed by atoms with van der Waals surface area (Å²) in [5.41, 5.74) is 0.361. The lowest BCUT2D eigenvalue weighted by molar-refractivity contribution is 0.0695. The number of nitrogens with zero attached hydrogens (tertiary/aromatic N) is 1. The van der Waals surface area contributed by atoms with E-state index in [1.54, 1.807) is 6.08 Å². The van der Waals surface area contributed by atoms with Gasteiger partial charge in [0.05, 0.1) is 15.7 Å². The lowest BCUT2D eigenvalue weighted by Gasteiger charge is -2.24. The van der Waals surface area contributed by atoms with Crippen LogP contribution in [-0.2, 0) is 0 Å². The Kier molecular flexibility index (Phi) is 3.71. The molecule has 0 atom stereocenters. The normalized spacial score (nSPS) is 14.3. The molecule has 1 aliphatic rings. The molecule has 0 heterocycles. The molecule has 1 aromatic rings. The van der Waals surface area contributed by atoms with Crippen LogP contribution in [0.2, 0.25) is 0 Å². The molecule has 0 aliphatic heterocycles. The molecule has 0 spiro atoms. The van der Waals surface area contributed by atoms with E-state index in [1.165, 1.54) is 12.1 Å². The fourth-order valence-corrected chi connectivity index (χ4v) is 2.40. The van der Waals surface area contributed by atoms with Crippen molar-refractivity contribution < 1.29 is 14.3 Å². The third-order valence-electron chi connectivity index (χ3n) is 2.92. The Hall–Kier alpha value is -1.36. The number of benzene rings is 1. The predicted octanol–water partition coefficient (Wildman–Crippen LogP) is 3.44. The van der Waals surface area contributed by atoms with Gasteiger partial charge in [0, 0.05) is 12.6 Å². The summed E-state index contributed by atoms with van der Waals surface area (Å²) in [7, 11) is 0. The van der Waals surface area contributed by atoms with E-state index >= 15 is 0 Å². The molecule has 1 aromatic carbocycles. The standard InChI is InChI=1S/C13H13BrFNO2/c1-2-7-16(8-3-4-8)10-6-5-9(13(17)18)11(14)12(10)15/h2,5-6,8H,1,3-4,7H2,(H,17,18). The number of carbonyl (C=O) groups is 1. The van der Waals surface area contributed by atoms with Crippen molar-refractivity contribution in [2.24, 2.45) is 0 Å². The Balaban J connectivity index is 2.41. The van der Waals surface area contributed by atoms with Gasteiger partial charge in [-0.25, -0.2) is 9.18 Å². The van der Waals surface area contributed by atoms with Gasteiger partial charge in [-0.05, 0) is 40.9 Å². The Morgan fingerprint density at radius 1 is 1.61 bits per heavy atom. The Morgan fingerprint density at radius 2 is 2.28 bits per heavy atom. The second-order valence-corrected chi connectivity index (χ2v) is 5.03. The Morgan fingerprint density at radius 3 is 2.78 bits per heavy atom. The molecule has 0 amide bonds. The van der Waals surface area contributed by atoms with Gasteiger partial charge in [0.25, 0.3) is 0 Å². The minimum Gasteiger partial charge on any atom is -0.478 e. The first-order valence-corrected chi connectivity index (χ1v) is 6.44. The van der Waals surface area contributed by atoms with E-state index in [0.29, 0.717) is 18.3 Å². The van der Waals surface area contributed by atoms with E-state index in [1.807, 2.05) is 4.90 Å². The van der Waals surface area contributed by atoms with E-state index in [-0.39, 0.29) is 10.0 Å². The van der Waals surface area contributed by atoms with Gasteiger partial charge in [0.15, 0.2) is 5.82 Å². The Labute approximate surface area is 113 Å². The van der Waals surface area contributed by atoms with Crippen LogP contribution in [0.25, 0.3) is 0 Å². The average molecular weight is 314 g/mol. The van der Waals surface area contributed by atoms with Crippen molar-refractivity contribution in [1.82, 2.24) is 0 Å². The van der Waals surface area contributed by atoms with Crippen LogP contribution in [0.1, 0.15) is 23.2 Å². The highest BCUT2D eigenvalue weighted by atomic mass is 79.9. The number of hydrogen-bond donors (Lipinski definition) is 1. The molecule has 96 valence electrons. The maximum absolute atomic E-state index is 14.2. The van der Waals surface area contributed by atoms with Crippen molar-refractivity contribution >= 4 is 27.6 Å². The molecule has 0 aromatic heterocycles. The first-order chi connectivity index (χ1) is 8.56. The summed E-state index contributed by atoms with van der Waals surface area (Å²) in [6.45, 7) is 4.22. The second kappa shape index (κ2) is 5.10. The minimum atomic E-state index is -1.14. The first kappa shape index (κ1) is 13.1. The van der Waals surface area contributed by atoms with Crippen molar-refractivity contribution in [2.45, 2.75) is 18.9 Å². The minimum absolute atomic E-state index is 0.00205. The highest BCUT2D eigenvalue weighted by molar-refractivity contribution is 9.10. The molecule has 1 N–H and O–H groups in total. The molecule has 0 unspecified atom stereocenters. The number of carboxylic acid groups (broad SMARTS) is 1. The van der Waals surface area contributed by atoms with Crippen molar-refractivity contribution in [3.05, 3.63) is 40.6 Å². The summed E-state index contributed by atoms with van der Waals surface area (Å²) in [5, 5.41) is 8.92. The maximum Gasteiger partial charge on any atom is 0.336 e. The third kappa shape index (κ3) is 2.41. The molecule has 1 aliphatic carbocycles. The zero-order chi connectivity index (χ0) is 13.3. The second-order valence-electron chi connectivity index (χ2n) is 4.24. The molecule has 3 nitrogen and oxygen atoms in total. The smallest absolute Gasteiger partial charge is 0.336 e.